The highest BCUT2D eigenvalue weighted by molar-refractivity contribution is 6.04. The number of hydrogen-bond acceptors (Lipinski definition) is 4. The maximum Gasteiger partial charge on any atom is 0.414 e. The third-order valence-corrected chi connectivity index (χ3v) is 3.67. The van der Waals surface area contributed by atoms with Crippen molar-refractivity contribution in [3.63, 3.8) is 0 Å². The van der Waals surface area contributed by atoms with E-state index in [4.69, 9.17) is 9.15 Å². The first kappa shape index (κ1) is 14.2. The molecule has 6 heteroatoms. The molecular formula is C16H16N2O4. The predicted octanol–water partition coefficient (Wildman–Crippen LogP) is 3.11. The number of amides is 2. The predicted molar refractivity (Wildman–Crippen MR) is 81.3 cm³/mol. The highest BCUT2D eigenvalue weighted by atomic mass is 16.6. The summed E-state index contributed by atoms with van der Waals surface area (Å²) in [5.74, 6) is -0.0304. The summed E-state index contributed by atoms with van der Waals surface area (Å²) in [5, 5.41) is 2.82. The summed E-state index contributed by atoms with van der Waals surface area (Å²) in [7, 11) is 0. The molecule has 1 saturated heterocycles. The number of cyclic esters (lactones) is 1. The molecule has 0 saturated carbocycles. The summed E-state index contributed by atoms with van der Waals surface area (Å²) in [6, 6.07) is 7.14. The van der Waals surface area contributed by atoms with Gasteiger partial charge in [0.2, 0.25) is 0 Å². The van der Waals surface area contributed by atoms with Crippen LogP contribution in [0.2, 0.25) is 0 Å². The Hall–Kier alpha value is -2.76. The molecule has 22 heavy (non-hydrogen) atoms. The second-order valence-electron chi connectivity index (χ2n) is 5.10. The first-order valence-corrected chi connectivity index (χ1v) is 6.97. The van der Waals surface area contributed by atoms with Gasteiger partial charge in [-0.15, -0.1) is 0 Å². The van der Waals surface area contributed by atoms with Crippen molar-refractivity contribution >= 4 is 23.4 Å². The normalized spacial score (nSPS) is 14.1. The van der Waals surface area contributed by atoms with Gasteiger partial charge in [-0.2, -0.15) is 0 Å². The van der Waals surface area contributed by atoms with Gasteiger partial charge in [-0.3, -0.25) is 9.69 Å². The standard InChI is InChI=1S/C16H16N2O4/c1-10-6-8-21-14(10)15(19)17-12-4-3-5-13(11(12)2)18-7-9-22-16(18)20/h3-6,8H,7,9H2,1-2H3,(H,17,19). The van der Waals surface area contributed by atoms with E-state index in [-0.39, 0.29) is 17.8 Å². The van der Waals surface area contributed by atoms with Crippen molar-refractivity contribution in [2.24, 2.45) is 0 Å². The summed E-state index contributed by atoms with van der Waals surface area (Å²) < 4.78 is 10.1. The Kier molecular flexibility index (Phi) is 3.58. The zero-order valence-corrected chi connectivity index (χ0v) is 12.4. The molecule has 1 aromatic heterocycles. The maximum atomic E-state index is 12.2. The zero-order valence-electron chi connectivity index (χ0n) is 12.4. The molecule has 0 spiro atoms. The molecule has 3 rings (SSSR count). The van der Waals surface area contributed by atoms with Gasteiger partial charge in [0.15, 0.2) is 5.76 Å². The minimum Gasteiger partial charge on any atom is -0.459 e. The molecule has 6 nitrogen and oxygen atoms in total. The van der Waals surface area contributed by atoms with Crippen molar-refractivity contribution in [1.29, 1.82) is 0 Å². The average molecular weight is 300 g/mol. The lowest BCUT2D eigenvalue weighted by atomic mass is 10.1. The van der Waals surface area contributed by atoms with Crippen LogP contribution in [0.15, 0.2) is 34.9 Å². The quantitative estimate of drug-likeness (QED) is 0.945. The number of carbonyl (C=O) groups excluding carboxylic acids is 2. The largest absolute Gasteiger partial charge is 0.459 e. The molecule has 1 fully saturated rings. The van der Waals surface area contributed by atoms with Crippen molar-refractivity contribution in [2.45, 2.75) is 13.8 Å². The van der Waals surface area contributed by atoms with Gasteiger partial charge in [0.25, 0.3) is 5.91 Å². The highest BCUT2D eigenvalue weighted by Gasteiger charge is 2.25. The van der Waals surface area contributed by atoms with Gasteiger partial charge < -0.3 is 14.5 Å². The Morgan fingerprint density at radius 2 is 2.09 bits per heavy atom. The number of ether oxygens (including phenoxy) is 1. The second kappa shape index (κ2) is 5.55. The summed E-state index contributed by atoms with van der Waals surface area (Å²) in [4.78, 5) is 25.5. The van der Waals surface area contributed by atoms with Crippen LogP contribution in [0, 0.1) is 13.8 Å². The number of furan rings is 1. The fourth-order valence-corrected chi connectivity index (χ4v) is 2.45. The van der Waals surface area contributed by atoms with Crippen molar-refractivity contribution < 1.29 is 18.7 Å². The summed E-state index contributed by atoms with van der Waals surface area (Å²) in [5.41, 5.74) is 2.95. The Morgan fingerprint density at radius 1 is 1.27 bits per heavy atom. The van der Waals surface area contributed by atoms with Gasteiger partial charge in [0, 0.05) is 11.3 Å². The van der Waals surface area contributed by atoms with Gasteiger partial charge in [0.1, 0.15) is 6.61 Å². The maximum absolute atomic E-state index is 12.2. The van der Waals surface area contributed by atoms with Crippen LogP contribution in [-0.4, -0.2) is 25.2 Å². The second-order valence-corrected chi connectivity index (χ2v) is 5.10. The van der Waals surface area contributed by atoms with Crippen molar-refractivity contribution in [3.8, 4) is 0 Å². The molecule has 1 aliphatic heterocycles. The van der Waals surface area contributed by atoms with E-state index < -0.39 is 0 Å². The van der Waals surface area contributed by atoms with Crippen LogP contribution in [0.4, 0.5) is 16.2 Å². The number of nitrogens with one attached hydrogen (secondary N) is 1. The van der Waals surface area contributed by atoms with E-state index in [0.29, 0.717) is 18.8 Å². The Bertz CT molecular complexity index is 735. The number of anilines is 2. The molecule has 0 bridgehead atoms. The molecule has 1 aliphatic rings. The highest BCUT2D eigenvalue weighted by Crippen LogP contribution is 2.29. The fourth-order valence-electron chi connectivity index (χ4n) is 2.45. The third kappa shape index (κ3) is 2.43. The SMILES string of the molecule is Cc1ccoc1C(=O)Nc1cccc(N2CCOC2=O)c1C. The topological polar surface area (TPSA) is 71.8 Å². The number of nitrogens with zero attached hydrogens (tertiary/aromatic N) is 1. The van der Waals surface area contributed by atoms with Crippen LogP contribution in [0.25, 0.3) is 0 Å². The molecule has 0 unspecified atom stereocenters. The molecule has 2 aromatic rings. The average Bonchev–Trinajstić information content (AvgIpc) is 3.10. The minimum absolute atomic E-state index is 0.283. The Labute approximate surface area is 127 Å². The summed E-state index contributed by atoms with van der Waals surface area (Å²) in [6.07, 6.45) is 1.11. The number of carbonyl (C=O) groups is 2. The van der Waals surface area contributed by atoms with Crippen LogP contribution < -0.4 is 10.2 Å². The van der Waals surface area contributed by atoms with E-state index in [0.717, 1.165) is 16.8 Å². The van der Waals surface area contributed by atoms with Crippen molar-refractivity contribution in [1.82, 2.24) is 0 Å². The number of hydrogen-bond donors (Lipinski definition) is 1. The molecule has 0 atom stereocenters. The van der Waals surface area contributed by atoms with E-state index in [1.165, 1.54) is 6.26 Å². The van der Waals surface area contributed by atoms with Gasteiger partial charge in [-0.05, 0) is 37.6 Å². The Balaban J connectivity index is 1.87. The molecule has 1 N–H and O–H groups in total. The van der Waals surface area contributed by atoms with E-state index in [1.54, 1.807) is 23.1 Å². The molecule has 2 heterocycles. The smallest absolute Gasteiger partial charge is 0.414 e. The molecular weight excluding hydrogens is 284 g/mol. The van der Waals surface area contributed by atoms with Crippen LogP contribution >= 0.6 is 0 Å². The number of benzene rings is 1. The third-order valence-electron chi connectivity index (χ3n) is 3.67. The summed E-state index contributed by atoms with van der Waals surface area (Å²) in [6.45, 7) is 4.54. The van der Waals surface area contributed by atoms with Crippen molar-refractivity contribution in [2.75, 3.05) is 23.4 Å². The lowest BCUT2D eigenvalue weighted by Crippen LogP contribution is -2.24. The van der Waals surface area contributed by atoms with Crippen LogP contribution in [0.5, 0.6) is 0 Å². The van der Waals surface area contributed by atoms with Crippen LogP contribution in [0.1, 0.15) is 21.7 Å². The molecule has 1 aromatic carbocycles. The monoisotopic (exact) mass is 300 g/mol. The lowest BCUT2D eigenvalue weighted by molar-refractivity contribution is 0.0995. The van der Waals surface area contributed by atoms with E-state index >= 15 is 0 Å². The first-order valence-electron chi connectivity index (χ1n) is 6.97. The molecule has 0 radical (unpaired) electrons. The molecule has 2 amide bonds. The molecule has 114 valence electrons. The van der Waals surface area contributed by atoms with Gasteiger partial charge in [-0.1, -0.05) is 6.07 Å². The zero-order chi connectivity index (χ0) is 15.7. The molecule has 0 aliphatic carbocycles. The fraction of sp³-hybridized carbons (Fsp3) is 0.250. The summed E-state index contributed by atoms with van der Waals surface area (Å²) >= 11 is 0. The minimum atomic E-state index is -0.367. The van der Waals surface area contributed by atoms with Crippen LogP contribution in [0.3, 0.4) is 0 Å². The Morgan fingerprint density at radius 3 is 2.73 bits per heavy atom. The number of rotatable bonds is 3. The van der Waals surface area contributed by atoms with Gasteiger partial charge in [0.05, 0.1) is 18.5 Å². The van der Waals surface area contributed by atoms with Crippen LogP contribution in [-0.2, 0) is 4.74 Å². The first-order chi connectivity index (χ1) is 10.6. The number of aryl methyl sites for hydroxylation is 1. The van der Waals surface area contributed by atoms with Crippen molar-refractivity contribution in [3.05, 3.63) is 47.4 Å². The van der Waals surface area contributed by atoms with Gasteiger partial charge in [-0.25, -0.2) is 4.79 Å². The van der Waals surface area contributed by atoms with Gasteiger partial charge >= 0.3 is 6.09 Å². The van der Waals surface area contributed by atoms with E-state index in [2.05, 4.69) is 5.32 Å². The van der Waals surface area contributed by atoms with E-state index in [1.807, 2.05) is 19.9 Å². The lowest BCUT2D eigenvalue weighted by Gasteiger charge is -2.18. The van der Waals surface area contributed by atoms with E-state index in [9.17, 15) is 9.59 Å².